The van der Waals surface area contributed by atoms with E-state index in [4.69, 9.17) is 11.6 Å². The van der Waals surface area contributed by atoms with Gasteiger partial charge in [-0.25, -0.2) is 0 Å². The first kappa shape index (κ1) is 17.1. The summed E-state index contributed by atoms with van der Waals surface area (Å²) >= 11 is 5.87. The number of H-pyrrole nitrogens is 1. The fraction of sp³-hybridized carbons (Fsp3) is 0.0556. The van der Waals surface area contributed by atoms with Crippen LogP contribution in [0.15, 0.2) is 60.9 Å². The van der Waals surface area contributed by atoms with Crippen molar-refractivity contribution in [1.29, 1.82) is 0 Å². The number of hydrogen-bond acceptors (Lipinski definition) is 1. The van der Waals surface area contributed by atoms with Gasteiger partial charge < -0.3 is 10.3 Å². The predicted octanol–water partition coefficient (Wildman–Crippen LogP) is 5.61. The molecule has 0 unspecified atom stereocenters. The van der Waals surface area contributed by atoms with E-state index in [2.05, 4.69) is 10.3 Å². The van der Waals surface area contributed by atoms with Crippen molar-refractivity contribution in [2.45, 2.75) is 6.18 Å². The molecule has 0 saturated carbocycles. The molecule has 3 nitrogen and oxygen atoms in total. The van der Waals surface area contributed by atoms with Gasteiger partial charge in [-0.05, 0) is 23.8 Å². The smallest absolute Gasteiger partial charge is 0.366 e. The van der Waals surface area contributed by atoms with Gasteiger partial charge >= 0.3 is 6.18 Å². The van der Waals surface area contributed by atoms with Gasteiger partial charge in [0.05, 0.1) is 11.1 Å². The summed E-state index contributed by atoms with van der Waals surface area (Å²) in [5.41, 5.74) is 0.401. The second kappa shape index (κ2) is 6.64. The molecule has 0 saturated heterocycles. The fourth-order valence-corrected chi connectivity index (χ4v) is 2.58. The Bertz CT molecular complexity index is 901. The molecule has 0 aliphatic rings. The van der Waals surface area contributed by atoms with Crippen LogP contribution in [0.5, 0.6) is 0 Å². The number of hydrogen-bond donors (Lipinski definition) is 2. The second-order valence-electron chi connectivity index (χ2n) is 5.29. The van der Waals surface area contributed by atoms with Crippen LogP contribution >= 0.6 is 11.6 Å². The molecule has 0 bridgehead atoms. The van der Waals surface area contributed by atoms with Crippen LogP contribution in [0.2, 0.25) is 5.02 Å². The summed E-state index contributed by atoms with van der Waals surface area (Å²) in [4.78, 5) is 14.7. The van der Waals surface area contributed by atoms with Crippen LogP contribution in [0.1, 0.15) is 15.9 Å². The molecule has 0 atom stereocenters. The summed E-state index contributed by atoms with van der Waals surface area (Å²) in [7, 11) is 0. The lowest BCUT2D eigenvalue weighted by Crippen LogP contribution is -2.17. The van der Waals surface area contributed by atoms with Crippen molar-refractivity contribution >= 4 is 23.2 Å². The summed E-state index contributed by atoms with van der Waals surface area (Å²) in [5, 5.41) is 3.11. The number of amides is 1. The lowest BCUT2D eigenvalue weighted by atomic mass is 10.0. The van der Waals surface area contributed by atoms with Gasteiger partial charge in [0.15, 0.2) is 0 Å². The number of benzene rings is 2. The van der Waals surface area contributed by atoms with Gasteiger partial charge in [-0.15, -0.1) is 0 Å². The van der Waals surface area contributed by atoms with Crippen molar-refractivity contribution in [2.75, 3.05) is 5.32 Å². The Morgan fingerprint density at radius 2 is 1.68 bits per heavy atom. The number of aromatic amines is 1. The highest BCUT2D eigenvalue weighted by molar-refractivity contribution is 6.30. The van der Waals surface area contributed by atoms with Crippen LogP contribution in [0, 0.1) is 0 Å². The molecule has 25 heavy (non-hydrogen) atoms. The summed E-state index contributed by atoms with van der Waals surface area (Å²) in [6, 6.07) is 13.8. The van der Waals surface area contributed by atoms with Gasteiger partial charge in [-0.2, -0.15) is 13.2 Å². The molecule has 0 aliphatic carbocycles. The van der Waals surface area contributed by atoms with E-state index in [1.54, 1.807) is 48.5 Å². The average molecular weight is 365 g/mol. The zero-order valence-electron chi connectivity index (χ0n) is 12.7. The van der Waals surface area contributed by atoms with Gasteiger partial charge in [-0.3, -0.25) is 4.79 Å². The Morgan fingerprint density at radius 1 is 1.00 bits per heavy atom. The molecular weight excluding hydrogens is 353 g/mol. The molecule has 0 radical (unpaired) electrons. The van der Waals surface area contributed by atoms with Crippen LogP contribution in [-0.2, 0) is 6.18 Å². The van der Waals surface area contributed by atoms with Crippen molar-refractivity contribution in [3.05, 3.63) is 77.1 Å². The Balaban J connectivity index is 1.93. The molecular formula is C18H12ClF3N2O. The van der Waals surface area contributed by atoms with Gasteiger partial charge in [0, 0.05) is 28.7 Å². The summed E-state index contributed by atoms with van der Waals surface area (Å²) < 4.78 is 38.9. The number of alkyl halides is 3. The highest BCUT2D eigenvalue weighted by atomic mass is 35.5. The number of nitrogens with one attached hydrogen (secondary N) is 2. The minimum absolute atomic E-state index is 0.407. The maximum absolute atomic E-state index is 13.0. The normalized spacial score (nSPS) is 11.4. The zero-order valence-corrected chi connectivity index (χ0v) is 13.4. The third kappa shape index (κ3) is 3.69. The molecule has 3 aromatic rings. The van der Waals surface area contributed by atoms with E-state index in [-0.39, 0.29) is 0 Å². The standard InChI is InChI=1S/C18H12ClF3N2O/c19-12-7-5-11(6-8-12)13-3-1-2-4-16(13)24-17(25)14-9-23-10-15(14)18(20,21)22/h1-10,23H,(H,24,25). The number of carbonyl (C=O) groups excluding carboxylic acids is 1. The van der Waals surface area contributed by atoms with E-state index in [9.17, 15) is 18.0 Å². The van der Waals surface area contributed by atoms with Crippen LogP contribution in [0.25, 0.3) is 11.1 Å². The highest BCUT2D eigenvalue weighted by Gasteiger charge is 2.36. The minimum Gasteiger partial charge on any atom is -0.366 e. The molecule has 7 heteroatoms. The topological polar surface area (TPSA) is 44.9 Å². The molecule has 0 aliphatic heterocycles. The van der Waals surface area contributed by atoms with Gasteiger partial charge in [0.1, 0.15) is 0 Å². The van der Waals surface area contributed by atoms with Crippen molar-refractivity contribution in [1.82, 2.24) is 4.98 Å². The zero-order chi connectivity index (χ0) is 18.0. The molecule has 2 aromatic carbocycles. The molecule has 1 aromatic heterocycles. The summed E-state index contributed by atoms with van der Waals surface area (Å²) in [6.45, 7) is 0. The number of aromatic nitrogens is 1. The predicted molar refractivity (Wildman–Crippen MR) is 90.6 cm³/mol. The number of halogens is 4. The molecule has 1 heterocycles. The fourth-order valence-electron chi connectivity index (χ4n) is 2.45. The molecule has 2 N–H and O–H groups in total. The van der Waals surface area contributed by atoms with E-state index in [1.165, 1.54) is 0 Å². The molecule has 0 fully saturated rings. The quantitative estimate of drug-likeness (QED) is 0.623. The van der Waals surface area contributed by atoms with Crippen LogP contribution in [-0.4, -0.2) is 10.9 Å². The number of carbonyl (C=O) groups is 1. The van der Waals surface area contributed by atoms with E-state index >= 15 is 0 Å². The molecule has 128 valence electrons. The minimum atomic E-state index is -4.61. The molecule has 3 rings (SSSR count). The maximum atomic E-state index is 13.0. The summed E-state index contributed by atoms with van der Waals surface area (Å²) in [6.07, 6.45) is -2.81. The van der Waals surface area contributed by atoms with Gasteiger partial charge in [0.25, 0.3) is 5.91 Å². The number of anilines is 1. The van der Waals surface area contributed by atoms with Gasteiger partial charge in [-0.1, -0.05) is 41.9 Å². The van der Waals surface area contributed by atoms with E-state index < -0.39 is 23.2 Å². The SMILES string of the molecule is O=C(Nc1ccccc1-c1ccc(Cl)cc1)c1c[nH]cc1C(F)(F)F. The lowest BCUT2D eigenvalue weighted by molar-refractivity contribution is -0.137. The van der Waals surface area contributed by atoms with Crippen molar-refractivity contribution in [3.8, 4) is 11.1 Å². The van der Waals surface area contributed by atoms with E-state index in [0.29, 0.717) is 16.3 Å². The lowest BCUT2D eigenvalue weighted by Gasteiger charge is -2.12. The van der Waals surface area contributed by atoms with Crippen molar-refractivity contribution in [2.24, 2.45) is 0 Å². The average Bonchev–Trinajstić information content (AvgIpc) is 3.06. The highest BCUT2D eigenvalue weighted by Crippen LogP contribution is 2.33. The van der Waals surface area contributed by atoms with Crippen molar-refractivity contribution in [3.63, 3.8) is 0 Å². The van der Waals surface area contributed by atoms with Crippen LogP contribution in [0.3, 0.4) is 0 Å². The third-order valence-corrected chi connectivity index (χ3v) is 3.88. The van der Waals surface area contributed by atoms with Crippen LogP contribution in [0.4, 0.5) is 18.9 Å². The second-order valence-corrected chi connectivity index (χ2v) is 5.72. The van der Waals surface area contributed by atoms with E-state index in [0.717, 1.165) is 18.0 Å². The first-order chi connectivity index (χ1) is 11.9. The molecule has 0 spiro atoms. The largest absolute Gasteiger partial charge is 0.418 e. The molecule has 1 amide bonds. The number of rotatable bonds is 3. The maximum Gasteiger partial charge on any atom is 0.418 e. The third-order valence-electron chi connectivity index (χ3n) is 3.63. The monoisotopic (exact) mass is 364 g/mol. The van der Waals surface area contributed by atoms with E-state index in [1.807, 2.05) is 0 Å². The Labute approximate surface area is 146 Å². The Morgan fingerprint density at radius 3 is 2.36 bits per heavy atom. The number of para-hydroxylation sites is 1. The first-order valence-electron chi connectivity index (χ1n) is 7.26. The Hall–Kier alpha value is -2.73. The summed E-state index contributed by atoms with van der Waals surface area (Å²) in [5.74, 6) is -0.838. The first-order valence-corrected chi connectivity index (χ1v) is 7.64. The van der Waals surface area contributed by atoms with Gasteiger partial charge in [0.2, 0.25) is 0 Å². The Kier molecular flexibility index (Phi) is 4.55. The van der Waals surface area contributed by atoms with Crippen molar-refractivity contribution < 1.29 is 18.0 Å². The van der Waals surface area contributed by atoms with Crippen LogP contribution < -0.4 is 5.32 Å².